The first-order valence-corrected chi connectivity index (χ1v) is 10.7. The molecule has 3 rings (SSSR count). The van der Waals surface area contributed by atoms with Gasteiger partial charge in [-0.25, -0.2) is 4.39 Å². The van der Waals surface area contributed by atoms with E-state index in [1.165, 1.54) is 6.07 Å². The molecule has 0 bridgehead atoms. The molecule has 0 radical (unpaired) electrons. The minimum absolute atomic E-state index is 0.0169. The third-order valence-electron chi connectivity index (χ3n) is 5.62. The number of rotatable bonds is 8. The molecule has 2 aromatic rings. The van der Waals surface area contributed by atoms with Crippen molar-refractivity contribution < 1.29 is 14.0 Å². The maximum atomic E-state index is 13.6. The fourth-order valence-corrected chi connectivity index (χ4v) is 3.80. The number of nitrogens with zero attached hydrogens (tertiary/aromatic N) is 2. The van der Waals surface area contributed by atoms with Crippen LogP contribution in [0.15, 0.2) is 42.5 Å². The summed E-state index contributed by atoms with van der Waals surface area (Å²) in [6, 6.07) is 12.6. The van der Waals surface area contributed by atoms with Crippen molar-refractivity contribution in [2.45, 2.75) is 20.3 Å². The number of hydrogen-bond acceptors (Lipinski definition) is 4. The summed E-state index contributed by atoms with van der Waals surface area (Å²) in [5.41, 5.74) is 3.60. The molecule has 0 unspecified atom stereocenters. The Kier molecular flexibility index (Phi) is 8.14. The van der Waals surface area contributed by atoms with Crippen molar-refractivity contribution in [1.82, 2.24) is 15.1 Å². The Bertz CT molecular complexity index is 890. The van der Waals surface area contributed by atoms with E-state index in [-0.39, 0.29) is 17.6 Å². The number of amides is 2. The topological polar surface area (TPSA) is 64.7 Å². The van der Waals surface area contributed by atoms with Crippen LogP contribution in [0.4, 0.5) is 10.1 Å². The van der Waals surface area contributed by atoms with Crippen molar-refractivity contribution in [2.75, 3.05) is 51.1 Å². The maximum Gasteiger partial charge on any atom is 0.238 e. The second-order valence-electron chi connectivity index (χ2n) is 8.06. The molecule has 0 aromatic heterocycles. The lowest BCUT2D eigenvalue weighted by atomic mass is 10.1. The molecule has 7 heteroatoms. The summed E-state index contributed by atoms with van der Waals surface area (Å²) in [6.45, 7) is 8.00. The van der Waals surface area contributed by atoms with Gasteiger partial charge in [-0.2, -0.15) is 0 Å². The zero-order valence-corrected chi connectivity index (χ0v) is 18.3. The number of piperazine rings is 1. The Morgan fingerprint density at radius 1 is 0.871 bits per heavy atom. The van der Waals surface area contributed by atoms with Crippen LogP contribution in [0.25, 0.3) is 0 Å². The molecule has 0 saturated carbocycles. The predicted octanol–water partition coefficient (Wildman–Crippen LogP) is 2.36. The van der Waals surface area contributed by atoms with Gasteiger partial charge in [0.15, 0.2) is 0 Å². The molecular formula is C24H31FN4O2. The third-order valence-corrected chi connectivity index (χ3v) is 5.62. The van der Waals surface area contributed by atoms with E-state index in [2.05, 4.69) is 20.4 Å². The van der Waals surface area contributed by atoms with Crippen LogP contribution < -0.4 is 10.6 Å². The van der Waals surface area contributed by atoms with Crippen LogP contribution in [0.2, 0.25) is 0 Å². The zero-order chi connectivity index (χ0) is 22.2. The molecule has 1 aliphatic heterocycles. The van der Waals surface area contributed by atoms with Gasteiger partial charge in [0.05, 0.1) is 13.1 Å². The van der Waals surface area contributed by atoms with Crippen LogP contribution >= 0.6 is 0 Å². The Hall–Kier alpha value is -2.77. The number of benzene rings is 2. The fourth-order valence-electron chi connectivity index (χ4n) is 3.80. The summed E-state index contributed by atoms with van der Waals surface area (Å²) in [7, 11) is 0. The summed E-state index contributed by atoms with van der Waals surface area (Å²) in [6.07, 6.45) is 0.474. The van der Waals surface area contributed by atoms with Crippen molar-refractivity contribution in [3.05, 3.63) is 65.0 Å². The fraction of sp³-hybridized carbons (Fsp3) is 0.417. The standard InChI is InChI=1S/C24H31FN4O2/c1-18-6-5-7-19(2)24(18)27-23(31)17-29-14-12-28(13-15-29)16-22(30)26-11-10-20-8-3-4-9-21(20)25/h3-9H,10-17H2,1-2H3,(H,26,30)(H,27,31). The number of para-hydroxylation sites is 1. The molecule has 2 N–H and O–H groups in total. The minimum atomic E-state index is -0.241. The van der Waals surface area contributed by atoms with Gasteiger partial charge in [-0.3, -0.25) is 19.4 Å². The van der Waals surface area contributed by atoms with Crippen molar-refractivity contribution in [3.63, 3.8) is 0 Å². The van der Waals surface area contributed by atoms with E-state index in [4.69, 9.17) is 0 Å². The van der Waals surface area contributed by atoms with E-state index < -0.39 is 0 Å². The third kappa shape index (κ3) is 6.87. The van der Waals surface area contributed by atoms with Gasteiger partial charge in [-0.15, -0.1) is 0 Å². The molecule has 2 aromatic carbocycles. The number of halogens is 1. The van der Waals surface area contributed by atoms with Gasteiger partial charge in [0.1, 0.15) is 5.82 Å². The molecular weight excluding hydrogens is 395 g/mol. The SMILES string of the molecule is Cc1cccc(C)c1NC(=O)CN1CCN(CC(=O)NCCc2ccccc2F)CC1. The number of hydrogen-bond donors (Lipinski definition) is 2. The highest BCUT2D eigenvalue weighted by Crippen LogP contribution is 2.19. The smallest absolute Gasteiger partial charge is 0.238 e. The van der Waals surface area contributed by atoms with Crippen LogP contribution in [-0.2, 0) is 16.0 Å². The first-order chi connectivity index (χ1) is 14.9. The summed E-state index contributed by atoms with van der Waals surface area (Å²) >= 11 is 0. The van der Waals surface area contributed by atoms with Crippen LogP contribution in [0.1, 0.15) is 16.7 Å². The van der Waals surface area contributed by atoms with E-state index >= 15 is 0 Å². The van der Waals surface area contributed by atoms with Crippen LogP contribution in [0.3, 0.4) is 0 Å². The van der Waals surface area contributed by atoms with E-state index in [1.807, 2.05) is 32.0 Å². The summed E-state index contributed by atoms with van der Waals surface area (Å²) in [5, 5.41) is 5.89. The van der Waals surface area contributed by atoms with E-state index in [0.29, 0.717) is 31.6 Å². The van der Waals surface area contributed by atoms with Gasteiger partial charge in [0.2, 0.25) is 11.8 Å². The zero-order valence-electron chi connectivity index (χ0n) is 18.3. The number of anilines is 1. The van der Waals surface area contributed by atoms with Crippen LogP contribution in [0, 0.1) is 19.7 Å². The summed E-state index contributed by atoms with van der Waals surface area (Å²) in [4.78, 5) is 28.8. The number of nitrogens with one attached hydrogen (secondary N) is 2. The van der Waals surface area contributed by atoms with Crippen molar-refractivity contribution >= 4 is 17.5 Å². The van der Waals surface area contributed by atoms with Gasteiger partial charge >= 0.3 is 0 Å². The Labute approximate surface area is 183 Å². The molecule has 0 atom stereocenters. The Balaban J connectivity index is 1.35. The Morgan fingerprint density at radius 3 is 2.06 bits per heavy atom. The molecule has 2 amide bonds. The van der Waals surface area contributed by atoms with Crippen molar-refractivity contribution in [3.8, 4) is 0 Å². The second-order valence-corrected chi connectivity index (χ2v) is 8.06. The summed E-state index contributed by atoms with van der Waals surface area (Å²) < 4.78 is 13.6. The average Bonchev–Trinajstić information content (AvgIpc) is 2.74. The van der Waals surface area contributed by atoms with Crippen molar-refractivity contribution in [2.24, 2.45) is 0 Å². The van der Waals surface area contributed by atoms with Gasteiger partial charge in [-0.1, -0.05) is 36.4 Å². The Morgan fingerprint density at radius 2 is 1.45 bits per heavy atom. The van der Waals surface area contributed by atoms with Crippen LogP contribution in [0.5, 0.6) is 0 Å². The second kappa shape index (κ2) is 11.0. The molecule has 31 heavy (non-hydrogen) atoms. The lowest BCUT2D eigenvalue weighted by Crippen LogP contribution is -2.51. The minimum Gasteiger partial charge on any atom is -0.355 e. The van der Waals surface area contributed by atoms with Gasteiger partial charge < -0.3 is 10.6 Å². The maximum absolute atomic E-state index is 13.6. The first kappa shape index (κ1) is 22.9. The molecule has 1 heterocycles. The quantitative estimate of drug-likeness (QED) is 0.680. The predicted molar refractivity (Wildman–Crippen MR) is 121 cm³/mol. The van der Waals surface area contributed by atoms with Gasteiger partial charge in [-0.05, 0) is 43.0 Å². The molecule has 0 spiro atoms. The van der Waals surface area contributed by atoms with Gasteiger partial charge in [0, 0.05) is 38.4 Å². The summed E-state index contributed by atoms with van der Waals surface area (Å²) in [5.74, 6) is -0.316. The normalized spacial score (nSPS) is 14.9. The molecule has 1 saturated heterocycles. The lowest BCUT2D eigenvalue weighted by Gasteiger charge is -2.33. The molecule has 1 aliphatic rings. The highest BCUT2D eigenvalue weighted by atomic mass is 19.1. The highest BCUT2D eigenvalue weighted by molar-refractivity contribution is 5.93. The highest BCUT2D eigenvalue weighted by Gasteiger charge is 2.21. The largest absolute Gasteiger partial charge is 0.355 e. The van der Waals surface area contributed by atoms with Crippen molar-refractivity contribution in [1.29, 1.82) is 0 Å². The molecule has 166 valence electrons. The number of aryl methyl sites for hydroxylation is 2. The van der Waals surface area contributed by atoms with E-state index in [1.54, 1.807) is 18.2 Å². The molecule has 0 aliphatic carbocycles. The van der Waals surface area contributed by atoms with E-state index in [9.17, 15) is 14.0 Å². The van der Waals surface area contributed by atoms with Crippen LogP contribution in [-0.4, -0.2) is 67.4 Å². The number of carbonyl (C=O) groups is 2. The average molecular weight is 427 g/mol. The van der Waals surface area contributed by atoms with E-state index in [0.717, 1.165) is 43.0 Å². The lowest BCUT2D eigenvalue weighted by molar-refractivity contribution is -0.123. The molecule has 6 nitrogen and oxygen atoms in total. The number of carbonyl (C=O) groups excluding carboxylic acids is 2. The monoisotopic (exact) mass is 426 g/mol. The van der Waals surface area contributed by atoms with Gasteiger partial charge in [0.25, 0.3) is 0 Å². The first-order valence-electron chi connectivity index (χ1n) is 10.7. The molecule has 1 fully saturated rings.